The van der Waals surface area contributed by atoms with Crippen LogP contribution in [0, 0.1) is 13.8 Å². The van der Waals surface area contributed by atoms with E-state index in [-0.39, 0.29) is 11.9 Å². The van der Waals surface area contributed by atoms with E-state index in [0.717, 1.165) is 27.8 Å². The Morgan fingerprint density at radius 2 is 1.48 bits per heavy atom. The third-order valence-corrected chi connectivity index (χ3v) is 4.80. The maximum absolute atomic E-state index is 13.1. The number of hydrogen-bond acceptors (Lipinski definition) is 4. The molecule has 29 heavy (non-hydrogen) atoms. The van der Waals surface area contributed by atoms with Crippen molar-refractivity contribution in [1.29, 1.82) is 0 Å². The Kier molecular flexibility index (Phi) is 5.20. The van der Waals surface area contributed by atoms with E-state index in [1.165, 1.54) is 0 Å². The minimum Gasteiger partial charge on any atom is -0.403 e. The van der Waals surface area contributed by atoms with Gasteiger partial charge in [0.05, 0.1) is 5.92 Å². The second-order valence-electron chi connectivity index (χ2n) is 6.97. The average Bonchev–Trinajstić information content (AvgIpc) is 3.18. The number of aryl methyl sites for hydroxylation is 2. The van der Waals surface area contributed by atoms with E-state index >= 15 is 0 Å². The van der Waals surface area contributed by atoms with Crippen molar-refractivity contribution in [2.45, 2.75) is 19.8 Å². The summed E-state index contributed by atoms with van der Waals surface area (Å²) in [7, 11) is 0. The maximum atomic E-state index is 13.1. The van der Waals surface area contributed by atoms with E-state index in [1.54, 1.807) is 0 Å². The van der Waals surface area contributed by atoms with Crippen LogP contribution >= 0.6 is 0 Å². The van der Waals surface area contributed by atoms with E-state index in [9.17, 15) is 4.79 Å². The number of amides is 1. The van der Waals surface area contributed by atoms with Gasteiger partial charge in [-0.2, -0.15) is 0 Å². The highest BCUT2D eigenvalue weighted by Crippen LogP contribution is 2.28. The van der Waals surface area contributed by atoms with Crippen molar-refractivity contribution in [3.8, 4) is 11.5 Å². The fraction of sp³-hybridized carbons (Fsp3) is 0.125. The molecule has 0 spiro atoms. The molecular formula is C24H21N3O2. The van der Waals surface area contributed by atoms with E-state index in [2.05, 4.69) is 21.6 Å². The van der Waals surface area contributed by atoms with Crippen LogP contribution < -0.4 is 5.32 Å². The van der Waals surface area contributed by atoms with Crippen LogP contribution in [-0.4, -0.2) is 16.1 Å². The first-order valence-corrected chi connectivity index (χ1v) is 9.44. The van der Waals surface area contributed by atoms with Crippen molar-refractivity contribution in [1.82, 2.24) is 10.2 Å². The van der Waals surface area contributed by atoms with Crippen molar-refractivity contribution in [2.75, 3.05) is 5.32 Å². The van der Waals surface area contributed by atoms with Crippen LogP contribution in [0.1, 0.15) is 28.2 Å². The van der Waals surface area contributed by atoms with Crippen molar-refractivity contribution < 1.29 is 9.21 Å². The van der Waals surface area contributed by atoms with Gasteiger partial charge in [0.2, 0.25) is 11.8 Å². The van der Waals surface area contributed by atoms with Gasteiger partial charge in [-0.15, -0.1) is 5.10 Å². The second-order valence-corrected chi connectivity index (χ2v) is 6.97. The number of nitrogens with zero attached hydrogens (tertiary/aromatic N) is 2. The summed E-state index contributed by atoms with van der Waals surface area (Å²) in [6.45, 7) is 4.02. The molecule has 1 aromatic heterocycles. The minimum absolute atomic E-state index is 0.0850. The Labute approximate surface area is 169 Å². The topological polar surface area (TPSA) is 68.0 Å². The molecule has 4 rings (SSSR count). The zero-order valence-corrected chi connectivity index (χ0v) is 16.3. The molecule has 3 aromatic carbocycles. The van der Waals surface area contributed by atoms with Gasteiger partial charge in [0.15, 0.2) is 0 Å². The Morgan fingerprint density at radius 1 is 0.862 bits per heavy atom. The summed E-state index contributed by atoms with van der Waals surface area (Å²) in [6.07, 6.45) is 0. The molecule has 5 heteroatoms. The third-order valence-electron chi connectivity index (χ3n) is 4.80. The molecule has 1 amide bonds. The van der Waals surface area contributed by atoms with Gasteiger partial charge >= 0.3 is 6.01 Å². The first-order valence-electron chi connectivity index (χ1n) is 9.44. The Balaban J connectivity index is 1.61. The number of carbonyl (C=O) groups excluding carboxylic acids is 1. The Bertz CT molecular complexity index is 1080. The second kappa shape index (κ2) is 8.10. The number of anilines is 1. The molecule has 0 aliphatic carbocycles. The molecule has 0 aliphatic heterocycles. The van der Waals surface area contributed by atoms with Gasteiger partial charge in [0.25, 0.3) is 0 Å². The normalized spacial score (nSPS) is 10.9. The summed E-state index contributed by atoms with van der Waals surface area (Å²) in [6, 6.07) is 25.4. The largest absolute Gasteiger partial charge is 0.403 e. The van der Waals surface area contributed by atoms with Crippen molar-refractivity contribution >= 4 is 11.9 Å². The lowest BCUT2D eigenvalue weighted by atomic mass is 9.90. The highest BCUT2D eigenvalue weighted by molar-refractivity contribution is 5.96. The number of aromatic nitrogens is 2. The van der Waals surface area contributed by atoms with E-state index in [0.29, 0.717) is 5.89 Å². The quantitative estimate of drug-likeness (QED) is 0.519. The minimum atomic E-state index is -0.478. The smallest absolute Gasteiger partial charge is 0.322 e. The molecule has 0 saturated carbocycles. The Hall–Kier alpha value is -3.73. The predicted octanol–water partition coefficient (Wildman–Crippen LogP) is 5.12. The fourth-order valence-corrected chi connectivity index (χ4v) is 3.40. The van der Waals surface area contributed by atoms with Crippen LogP contribution in [0.15, 0.2) is 83.3 Å². The van der Waals surface area contributed by atoms with Crippen LogP contribution in [0.4, 0.5) is 6.01 Å². The van der Waals surface area contributed by atoms with E-state index in [1.807, 2.05) is 86.6 Å². The molecule has 0 bridgehead atoms. The summed E-state index contributed by atoms with van der Waals surface area (Å²) >= 11 is 0. The van der Waals surface area contributed by atoms with Gasteiger partial charge < -0.3 is 4.42 Å². The van der Waals surface area contributed by atoms with Gasteiger partial charge in [-0.25, -0.2) is 0 Å². The number of hydrogen-bond donors (Lipinski definition) is 1. The molecule has 5 nitrogen and oxygen atoms in total. The van der Waals surface area contributed by atoms with Crippen LogP contribution in [0.25, 0.3) is 11.5 Å². The molecule has 0 atom stereocenters. The first kappa shape index (κ1) is 18.6. The van der Waals surface area contributed by atoms with E-state index < -0.39 is 5.92 Å². The van der Waals surface area contributed by atoms with Crippen LogP contribution in [-0.2, 0) is 4.79 Å². The summed E-state index contributed by atoms with van der Waals surface area (Å²) in [5.74, 6) is -0.319. The zero-order chi connectivity index (χ0) is 20.2. The highest BCUT2D eigenvalue weighted by atomic mass is 16.4. The molecule has 0 aliphatic rings. The summed E-state index contributed by atoms with van der Waals surface area (Å²) in [5.41, 5.74) is 4.84. The SMILES string of the molecule is Cc1ccc(-c2nnc(NC(=O)C(c3ccccc3)c3ccccc3)o2)c(C)c1. The van der Waals surface area contributed by atoms with Crippen molar-refractivity contribution in [3.05, 3.63) is 101 Å². The standard InChI is InChI=1S/C24H21N3O2/c1-16-13-14-20(17(2)15-16)23-26-27-24(29-23)25-22(28)21(18-9-5-3-6-10-18)19-11-7-4-8-12-19/h3-15,21H,1-2H3,(H,25,27,28). The van der Waals surface area contributed by atoms with Gasteiger partial charge in [-0.3, -0.25) is 10.1 Å². The lowest BCUT2D eigenvalue weighted by Gasteiger charge is -2.16. The number of nitrogens with one attached hydrogen (secondary N) is 1. The zero-order valence-electron chi connectivity index (χ0n) is 16.3. The number of carbonyl (C=O) groups is 1. The third kappa shape index (κ3) is 4.09. The van der Waals surface area contributed by atoms with Crippen molar-refractivity contribution in [3.63, 3.8) is 0 Å². The number of benzene rings is 3. The average molecular weight is 383 g/mol. The summed E-state index contributed by atoms with van der Waals surface area (Å²) in [5, 5.41) is 10.9. The predicted molar refractivity (Wildman–Crippen MR) is 113 cm³/mol. The number of rotatable bonds is 5. The first-order chi connectivity index (χ1) is 14.1. The molecule has 1 heterocycles. The van der Waals surface area contributed by atoms with Crippen LogP contribution in [0.5, 0.6) is 0 Å². The molecule has 0 unspecified atom stereocenters. The maximum Gasteiger partial charge on any atom is 0.322 e. The van der Waals surface area contributed by atoms with Crippen molar-refractivity contribution in [2.24, 2.45) is 0 Å². The lowest BCUT2D eigenvalue weighted by Crippen LogP contribution is -2.22. The van der Waals surface area contributed by atoms with Gasteiger partial charge in [-0.1, -0.05) is 83.5 Å². The lowest BCUT2D eigenvalue weighted by molar-refractivity contribution is -0.116. The monoisotopic (exact) mass is 383 g/mol. The molecule has 4 aromatic rings. The molecule has 0 radical (unpaired) electrons. The molecule has 1 N–H and O–H groups in total. The van der Waals surface area contributed by atoms with Gasteiger partial charge in [0, 0.05) is 5.56 Å². The molecule has 0 fully saturated rings. The summed E-state index contributed by atoms with van der Waals surface area (Å²) < 4.78 is 5.73. The molecular weight excluding hydrogens is 362 g/mol. The summed E-state index contributed by atoms with van der Waals surface area (Å²) in [4.78, 5) is 13.1. The molecule has 0 saturated heterocycles. The van der Waals surface area contributed by atoms with E-state index in [4.69, 9.17) is 4.42 Å². The van der Waals surface area contributed by atoms with Gasteiger partial charge in [-0.05, 0) is 36.6 Å². The highest BCUT2D eigenvalue weighted by Gasteiger charge is 2.24. The van der Waals surface area contributed by atoms with Crippen LogP contribution in [0.2, 0.25) is 0 Å². The van der Waals surface area contributed by atoms with Gasteiger partial charge in [0.1, 0.15) is 0 Å². The molecule has 144 valence electrons. The Morgan fingerprint density at radius 3 is 2.07 bits per heavy atom. The fourth-order valence-electron chi connectivity index (χ4n) is 3.40. The van der Waals surface area contributed by atoms with Crippen LogP contribution in [0.3, 0.4) is 0 Å².